The molecule has 0 unspecified atom stereocenters. The lowest BCUT2D eigenvalue weighted by Crippen LogP contribution is -2.17. The molecule has 8 heteroatoms. The van der Waals surface area contributed by atoms with Crippen LogP contribution in [-0.4, -0.2) is 27.2 Å². The summed E-state index contributed by atoms with van der Waals surface area (Å²) in [6.45, 7) is 4.10. The third-order valence-electron chi connectivity index (χ3n) is 3.79. The molecule has 0 amide bonds. The van der Waals surface area contributed by atoms with E-state index >= 15 is 0 Å². The number of rotatable bonds is 4. The Bertz CT molecular complexity index is 936. The van der Waals surface area contributed by atoms with Gasteiger partial charge >= 0.3 is 12.4 Å². The van der Waals surface area contributed by atoms with E-state index in [2.05, 4.69) is 14.8 Å². The lowest BCUT2D eigenvalue weighted by molar-refractivity contribution is -0.146. The Morgan fingerprint density at radius 2 is 2.12 bits per heavy atom. The van der Waals surface area contributed by atoms with Crippen LogP contribution in [0, 0.1) is 13.8 Å². The van der Waals surface area contributed by atoms with Gasteiger partial charge in [-0.2, -0.15) is 13.9 Å². The molecule has 130 valence electrons. The molecule has 0 aliphatic heterocycles. The SMILES string of the molecule is Cc1cccc(Cl)c1Cn1nc(C)c2ncc(OC(=O)C(F)F)cc21. The van der Waals surface area contributed by atoms with E-state index in [1.165, 1.54) is 12.3 Å². The molecule has 0 aliphatic rings. The molecular formula is C17H14ClF2N3O2. The smallest absolute Gasteiger partial charge is 0.379 e. The lowest BCUT2D eigenvalue weighted by Gasteiger charge is -2.10. The highest BCUT2D eigenvalue weighted by Crippen LogP contribution is 2.25. The lowest BCUT2D eigenvalue weighted by atomic mass is 10.1. The molecule has 0 saturated heterocycles. The third kappa shape index (κ3) is 3.46. The number of aryl methyl sites for hydroxylation is 2. The number of esters is 1. The number of ether oxygens (including phenoxy) is 1. The number of carbonyl (C=O) groups excluding carboxylic acids is 1. The van der Waals surface area contributed by atoms with Crippen LogP contribution >= 0.6 is 11.6 Å². The van der Waals surface area contributed by atoms with Crippen LogP contribution in [0.5, 0.6) is 5.75 Å². The molecule has 0 spiro atoms. The Hall–Kier alpha value is -2.54. The summed E-state index contributed by atoms with van der Waals surface area (Å²) in [5.41, 5.74) is 3.73. The number of hydrogen-bond acceptors (Lipinski definition) is 4. The summed E-state index contributed by atoms with van der Waals surface area (Å²) in [7, 11) is 0. The third-order valence-corrected chi connectivity index (χ3v) is 4.15. The van der Waals surface area contributed by atoms with Crippen molar-refractivity contribution in [3.63, 3.8) is 0 Å². The summed E-state index contributed by atoms with van der Waals surface area (Å²) in [4.78, 5) is 15.2. The Kier molecular flexibility index (Phi) is 4.67. The van der Waals surface area contributed by atoms with Crippen LogP contribution in [0.1, 0.15) is 16.8 Å². The zero-order chi connectivity index (χ0) is 18.1. The summed E-state index contributed by atoms with van der Waals surface area (Å²) < 4.78 is 31.0. The van der Waals surface area contributed by atoms with Crippen molar-refractivity contribution in [3.8, 4) is 5.75 Å². The van der Waals surface area contributed by atoms with E-state index in [4.69, 9.17) is 11.6 Å². The quantitative estimate of drug-likeness (QED) is 0.657. The molecular weight excluding hydrogens is 352 g/mol. The maximum absolute atomic E-state index is 12.4. The van der Waals surface area contributed by atoms with Gasteiger partial charge in [-0.1, -0.05) is 23.7 Å². The Labute approximate surface area is 147 Å². The van der Waals surface area contributed by atoms with Crippen molar-refractivity contribution in [2.24, 2.45) is 0 Å². The van der Waals surface area contributed by atoms with Crippen LogP contribution < -0.4 is 4.74 Å². The Morgan fingerprint density at radius 1 is 1.36 bits per heavy atom. The first-order valence-electron chi connectivity index (χ1n) is 7.44. The topological polar surface area (TPSA) is 57.0 Å². The molecule has 0 N–H and O–H groups in total. The van der Waals surface area contributed by atoms with Gasteiger partial charge in [0.1, 0.15) is 5.52 Å². The van der Waals surface area contributed by atoms with Gasteiger partial charge in [0.05, 0.1) is 24.0 Å². The van der Waals surface area contributed by atoms with Gasteiger partial charge in [0.15, 0.2) is 5.75 Å². The Balaban J connectivity index is 2.02. The van der Waals surface area contributed by atoms with E-state index in [0.717, 1.165) is 11.1 Å². The molecule has 5 nitrogen and oxygen atoms in total. The van der Waals surface area contributed by atoms with E-state index in [0.29, 0.717) is 28.3 Å². The van der Waals surface area contributed by atoms with Gasteiger partial charge in [-0.05, 0) is 31.0 Å². The van der Waals surface area contributed by atoms with Crippen LogP contribution in [0.25, 0.3) is 11.0 Å². The number of alkyl halides is 2. The van der Waals surface area contributed by atoms with Crippen molar-refractivity contribution in [1.82, 2.24) is 14.8 Å². The molecule has 0 fully saturated rings. The van der Waals surface area contributed by atoms with Gasteiger partial charge < -0.3 is 4.74 Å². The average molecular weight is 366 g/mol. The number of nitrogens with zero attached hydrogens (tertiary/aromatic N) is 3. The fourth-order valence-corrected chi connectivity index (χ4v) is 2.83. The van der Waals surface area contributed by atoms with Crippen LogP contribution in [0.4, 0.5) is 8.78 Å². The van der Waals surface area contributed by atoms with E-state index in [9.17, 15) is 13.6 Å². The number of hydrogen-bond donors (Lipinski definition) is 0. The second kappa shape index (κ2) is 6.76. The standard InChI is InChI=1S/C17H14ClF2N3O2/c1-9-4-3-5-13(18)12(9)8-23-14-6-11(25-17(24)16(19)20)7-21-15(14)10(2)22-23/h3-7,16H,8H2,1-2H3. The maximum Gasteiger partial charge on any atom is 0.379 e. The summed E-state index contributed by atoms with van der Waals surface area (Å²) in [5.74, 6) is -1.68. The predicted molar refractivity (Wildman–Crippen MR) is 89.2 cm³/mol. The number of aromatic nitrogens is 3. The van der Waals surface area contributed by atoms with Crippen LogP contribution in [0.2, 0.25) is 5.02 Å². The molecule has 2 heterocycles. The highest BCUT2D eigenvalue weighted by atomic mass is 35.5. The Morgan fingerprint density at radius 3 is 2.80 bits per heavy atom. The molecule has 0 atom stereocenters. The number of fused-ring (bicyclic) bond motifs is 1. The van der Waals surface area contributed by atoms with Gasteiger partial charge in [-0.3, -0.25) is 4.68 Å². The second-order valence-corrected chi connectivity index (χ2v) is 5.95. The molecule has 0 aliphatic carbocycles. The fourth-order valence-electron chi connectivity index (χ4n) is 2.55. The van der Waals surface area contributed by atoms with Gasteiger partial charge in [0.2, 0.25) is 0 Å². The van der Waals surface area contributed by atoms with Crippen molar-refractivity contribution in [2.45, 2.75) is 26.8 Å². The first kappa shape index (κ1) is 17.3. The molecule has 3 aromatic rings. The van der Waals surface area contributed by atoms with E-state index in [-0.39, 0.29) is 5.75 Å². The van der Waals surface area contributed by atoms with E-state index in [1.807, 2.05) is 19.1 Å². The number of carbonyl (C=O) groups is 1. The summed E-state index contributed by atoms with van der Waals surface area (Å²) in [6.07, 6.45) is -1.98. The second-order valence-electron chi connectivity index (χ2n) is 5.54. The highest BCUT2D eigenvalue weighted by molar-refractivity contribution is 6.31. The van der Waals surface area contributed by atoms with Crippen molar-refractivity contribution in [2.75, 3.05) is 0 Å². The molecule has 2 aromatic heterocycles. The van der Waals surface area contributed by atoms with Crippen LogP contribution in [0.15, 0.2) is 30.5 Å². The number of halogens is 3. The summed E-state index contributed by atoms with van der Waals surface area (Å²) in [5, 5.41) is 5.04. The fraction of sp³-hybridized carbons (Fsp3) is 0.235. The van der Waals surface area contributed by atoms with Crippen molar-refractivity contribution in [3.05, 3.63) is 52.3 Å². The molecule has 0 radical (unpaired) electrons. The van der Waals surface area contributed by atoms with Gasteiger partial charge in [-0.25, -0.2) is 9.78 Å². The molecule has 0 saturated carbocycles. The van der Waals surface area contributed by atoms with E-state index in [1.54, 1.807) is 17.7 Å². The molecule has 3 rings (SSSR count). The number of pyridine rings is 1. The van der Waals surface area contributed by atoms with Crippen molar-refractivity contribution in [1.29, 1.82) is 0 Å². The zero-order valence-electron chi connectivity index (χ0n) is 13.5. The van der Waals surface area contributed by atoms with Crippen LogP contribution in [0.3, 0.4) is 0 Å². The minimum atomic E-state index is -3.20. The first-order valence-corrected chi connectivity index (χ1v) is 7.81. The summed E-state index contributed by atoms with van der Waals surface area (Å²) >= 11 is 6.26. The first-order chi connectivity index (χ1) is 11.9. The van der Waals surface area contributed by atoms with Crippen LogP contribution in [-0.2, 0) is 11.3 Å². The average Bonchev–Trinajstić information content (AvgIpc) is 2.86. The van der Waals surface area contributed by atoms with E-state index < -0.39 is 12.4 Å². The number of benzene rings is 1. The van der Waals surface area contributed by atoms with Crippen molar-refractivity contribution >= 4 is 28.6 Å². The molecule has 1 aromatic carbocycles. The van der Waals surface area contributed by atoms with Crippen molar-refractivity contribution < 1.29 is 18.3 Å². The predicted octanol–water partition coefficient (Wildman–Crippen LogP) is 3.92. The molecule has 0 bridgehead atoms. The minimum Gasteiger partial charge on any atom is -0.421 e. The maximum atomic E-state index is 12.4. The van der Waals surface area contributed by atoms with Gasteiger partial charge in [0, 0.05) is 11.1 Å². The largest absolute Gasteiger partial charge is 0.421 e. The van der Waals surface area contributed by atoms with Gasteiger partial charge in [0.25, 0.3) is 0 Å². The minimum absolute atomic E-state index is 0.0603. The highest BCUT2D eigenvalue weighted by Gasteiger charge is 2.19. The normalized spacial score (nSPS) is 11.3. The summed E-state index contributed by atoms with van der Waals surface area (Å²) in [6, 6.07) is 7.05. The monoisotopic (exact) mass is 365 g/mol. The zero-order valence-corrected chi connectivity index (χ0v) is 14.2. The van der Waals surface area contributed by atoms with Gasteiger partial charge in [-0.15, -0.1) is 0 Å². The molecule has 25 heavy (non-hydrogen) atoms.